The lowest BCUT2D eigenvalue weighted by molar-refractivity contribution is -0.118. The van der Waals surface area contributed by atoms with Crippen molar-refractivity contribution in [1.29, 1.82) is 0 Å². The Morgan fingerprint density at radius 2 is 2.08 bits per heavy atom. The molecule has 3 aromatic rings. The molecule has 0 aliphatic carbocycles. The van der Waals surface area contributed by atoms with Gasteiger partial charge in [0.05, 0.1) is 12.1 Å². The number of fused-ring (bicyclic) bond motifs is 1. The molecule has 7 nitrogen and oxygen atoms in total. The number of carbonyl (C=O) groups is 1. The summed E-state index contributed by atoms with van der Waals surface area (Å²) in [5.41, 5.74) is 1.66. The first-order valence-electron chi connectivity index (χ1n) is 7.59. The topological polar surface area (TPSA) is 104 Å². The van der Waals surface area contributed by atoms with Crippen LogP contribution in [0.4, 0.5) is 0 Å². The summed E-state index contributed by atoms with van der Waals surface area (Å²) in [7, 11) is 0. The van der Waals surface area contributed by atoms with Crippen LogP contribution in [0.5, 0.6) is 0 Å². The number of rotatable bonds is 7. The second kappa shape index (κ2) is 7.78. The summed E-state index contributed by atoms with van der Waals surface area (Å²) in [6.45, 7) is 0.622. The minimum atomic E-state index is -0.289. The lowest BCUT2D eigenvalue weighted by Crippen LogP contribution is -2.26. The molecule has 8 heteroatoms. The Balaban J connectivity index is 1.42. The third-order valence-corrected chi connectivity index (χ3v) is 4.29. The molecule has 0 bridgehead atoms. The average Bonchev–Trinajstić information content (AvgIpc) is 3.07. The summed E-state index contributed by atoms with van der Waals surface area (Å²) in [5.74, 6) is 0.113. The number of nitrogens with zero attached hydrogens (tertiary/aromatic N) is 2. The van der Waals surface area contributed by atoms with Crippen molar-refractivity contribution in [2.24, 2.45) is 0 Å². The Kier molecular flexibility index (Phi) is 5.27. The van der Waals surface area contributed by atoms with Crippen molar-refractivity contribution in [3.8, 4) is 0 Å². The Labute approximate surface area is 142 Å². The third kappa shape index (κ3) is 4.23. The Bertz CT molecular complexity index is 875. The maximum atomic E-state index is 11.9. The molecule has 24 heavy (non-hydrogen) atoms. The first-order chi connectivity index (χ1) is 11.7. The molecular weight excluding hydrogens is 326 g/mol. The number of aryl methyl sites for hydroxylation is 1. The predicted octanol–water partition coefficient (Wildman–Crippen LogP) is 1.49. The zero-order valence-electron chi connectivity index (χ0n) is 12.9. The largest absolute Gasteiger partial charge is 0.355 e. The van der Waals surface area contributed by atoms with Gasteiger partial charge in [-0.3, -0.25) is 14.6 Å². The molecule has 2 aromatic heterocycles. The molecule has 1 aromatic carbocycles. The zero-order valence-corrected chi connectivity index (χ0v) is 13.7. The molecule has 1 amide bonds. The maximum absolute atomic E-state index is 11.9. The quantitative estimate of drug-likeness (QED) is 0.342. The maximum Gasteiger partial charge on any atom is 0.277 e. The summed E-state index contributed by atoms with van der Waals surface area (Å²) in [4.78, 5) is 37.1. The number of thioether (sulfide) groups is 1. The van der Waals surface area contributed by atoms with Gasteiger partial charge < -0.3 is 10.3 Å². The predicted molar refractivity (Wildman–Crippen MR) is 93.0 cm³/mol. The fourth-order valence-corrected chi connectivity index (χ4v) is 2.93. The van der Waals surface area contributed by atoms with E-state index in [4.69, 9.17) is 0 Å². The highest BCUT2D eigenvalue weighted by molar-refractivity contribution is 7.99. The summed E-state index contributed by atoms with van der Waals surface area (Å²) < 4.78 is 0. The van der Waals surface area contributed by atoms with Crippen LogP contribution in [0, 0.1) is 0 Å². The smallest absolute Gasteiger partial charge is 0.277 e. The number of imidazole rings is 1. The van der Waals surface area contributed by atoms with Crippen LogP contribution in [0.25, 0.3) is 11.2 Å². The van der Waals surface area contributed by atoms with Gasteiger partial charge in [-0.05, 0) is 18.4 Å². The minimum absolute atomic E-state index is 0.0853. The fourth-order valence-electron chi connectivity index (χ4n) is 2.24. The second-order valence-corrected chi connectivity index (χ2v) is 6.16. The SMILES string of the molecule is O=C(CSc1nc2nc[nH]c2c(=O)[nH]1)NCCCc1ccccc1. The van der Waals surface area contributed by atoms with E-state index >= 15 is 0 Å². The number of benzene rings is 1. The molecule has 3 N–H and O–H groups in total. The van der Waals surface area contributed by atoms with Crippen molar-refractivity contribution in [2.75, 3.05) is 12.3 Å². The Hall–Kier alpha value is -2.61. The molecule has 0 aliphatic rings. The molecule has 0 fully saturated rings. The highest BCUT2D eigenvalue weighted by Crippen LogP contribution is 2.12. The van der Waals surface area contributed by atoms with E-state index in [2.05, 4.69) is 37.4 Å². The van der Waals surface area contributed by atoms with Gasteiger partial charge in [-0.2, -0.15) is 0 Å². The van der Waals surface area contributed by atoms with Gasteiger partial charge in [0, 0.05) is 6.54 Å². The van der Waals surface area contributed by atoms with Crippen molar-refractivity contribution in [3.63, 3.8) is 0 Å². The van der Waals surface area contributed by atoms with Gasteiger partial charge in [0.15, 0.2) is 16.3 Å². The van der Waals surface area contributed by atoms with Gasteiger partial charge in [-0.1, -0.05) is 42.1 Å². The van der Waals surface area contributed by atoms with Crippen molar-refractivity contribution >= 4 is 28.8 Å². The van der Waals surface area contributed by atoms with E-state index < -0.39 is 0 Å². The minimum Gasteiger partial charge on any atom is -0.355 e. The Morgan fingerprint density at radius 1 is 1.25 bits per heavy atom. The standard InChI is InChI=1S/C16H17N5O2S/c22-12(17-8-4-7-11-5-2-1-3-6-11)9-24-16-20-14-13(15(23)21-16)18-10-19-14/h1-3,5-6,10H,4,7-9H2,(H,17,22)(H2,18,19,20,21,23). The first-order valence-corrected chi connectivity index (χ1v) is 8.58. The molecule has 0 saturated heterocycles. The van der Waals surface area contributed by atoms with Gasteiger partial charge in [0.2, 0.25) is 5.91 Å². The number of aromatic amines is 2. The van der Waals surface area contributed by atoms with Crippen molar-refractivity contribution in [2.45, 2.75) is 18.0 Å². The number of carbonyl (C=O) groups excluding carboxylic acids is 1. The van der Waals surface area contributed by atoms with E-state index in [1.807, 2.05) is 18.2 Å². The summed E-state index contributed by atoms with van der Waals surface area (Å²) in [5, 5.41) is 3.26. The number of amides is 1. The number of nitrogens with one attached hydrogen (secondary N) is 3. The molecule has 124 valence electrons. The molecule has 0 saturated carbocycles. The molecule has 0 radical (unpaired) electrons. The van der Waals surface area contributed by atoms with E-state index in [1.54, 1.807) is 0 Å². The highest BCUT2D eigenvalue weighted by atomic mass is 32.2. The van der Waals surface area contributed by atoms with E-state index in [0.717, 1.165) is 12.8 Å². The van der Waals surface area contributed by atoms with E-state index in [0.29, 0.717) is 22.9 Å². The second-order valence-electron chi connectivity index (χ2n) is 5.20. The van der Waals surface area contributed by atoms with Gasteiger partial charge in [-0.25, -0.2) is 9.97 Å². The normalized spacial score (nSPS) is 10.8. The van der Waals surface area contributed by atoms with Gasteiger partial charge in [0.1, 0.15) is 0 Å². The monoisotopic (exact) mass is 343 g/mol. The molecule has 0 spiro atoms. The average molecular weight is 343 g/mol. The lowest BCUT2D eigenvalue weighted by atomic mass is 10.1. The fraction of sp³-hybridized carbons (Fsp3) is 0.250. The summed E-state index contributed by atoms with van der Waals surface area (Å²) >= 11 is 1.18. The zero-order chi connectivity index (χ0) is 16.8. The number of aromatic nitrogens is 4. The van der Waals surface area contributed by atoms with E-state index in [-0.39, 0.29) is 17.2 Å². The molecule has 3 rings (SSSR count). The highest BCUT2D eigenvalue weighted by Gasteiger charge is 2.08. The van der Waals surface area contributed by atoms with Crippen LogP contribution in [-0.2, 0) is 11.2 Å². The molecular formula is C16H17N5O2S. The molecule has 0 unspecified atom stereocenters. The molecule has 2 heterocycles. The van der Waals surface area contributed by atoms with E-state index in [9.17, 15) is 9.59 Å². The van der Waals surface area contributed by atoms with Crippen molar-refractivity contribution in [1.82, 2.24) is 25.3 Å². The van der Waals surface area contributed by atoms with Crippen LogP contribution < -0.4 is 10.9 Å². The van der Waals surface area contributed by atoms with E-state index in [1.165, 1.54) is 23.7 Å². The van der Waals surface area contributed by atoms with Crippen LogP contribution in [-0.4, -0.2) is 38.1 Å². The molecule has 0 atom stereocenters. The van der Waals surface area contributed by atoms with Gasteiger partial charge in [-0.15, -0.1) is 0 Å². The number of hydrogen-bond donors (Lipinski definition) is 3. The van der Waals surface area contributed by atoms with Crippen LogP contribution in [0.2, 0.25) is 0 Å². The van der Waals surface area contributed by atoms with Gasteiger partial charge >= 0.3 is 0 Å². The van der Waals surface area contributed by atoms with Crippen LogP contribution >= 0.6 is 11.8 Å². The van der Waals surface area contributed by atoms with Gasteiger partial charge in [0.25, 0.3) is 5.56 Å². The van der Waals surface area contributed by atoms with Crippen molar-refractivity contribution in [3.05, 3.63) is 52.6 Å². The first kappa shape index (κ1) is 16.3. The lowest BCUT2D eigenvalue weighted by Gasteiger charge is -2.05. The van der Waals surface area contributed by atoms with Crippen LogP contribution in [0.1, 0.15) is 12.0 Å². The Morgan fingerprint density at radius 3 is 2.92 bits per heavy atom. The van der Waals surface area contributed by atoms with Crippen molar-refractivity contribution < 1.29 is 4.79 Å². The number of hydrogen-bond acceptors (Lipinski definition) is 5. The number of H-pyrrole nitrogens is 2. The summed E-state index contributed by atoms with van der Waals surface area (Å²) in [6.07, 6.45) is 3.23. The third-order valence-electron chi connectivity index (χ3n) is 3.42. The molecule has 0 aliphatic heterocycles. The summed E-state index contributed by atoms with van der Waals surface area (Å²) in [6, 6.07) is 10.2. The van der Waals surface area contributed by atoms with Crippen LogP contribution in [0.15, 0.2) is 46.6 Å². The van der Waals surface area contributed by atoms with Crippen LogP contribution in [0.3, 0.4) is 0 Å².